The Kier molecular flexibility index (Phi) is 3.38. The molecule has 1 aliphatic heterocycles. The number of hydrogen-bond donors (Lipinski definition) is 0. The highest BCUT2D eigenvalue weighted by Gasteiger charge is 2.08. The van der Waals surface area contributed by atoms with Gasteiger partial charge in [0.2, 0.25) is 0 Å². The van der Waals surface area contributed by atoms with Crippen molar-refractivity contribution < 1.29 is 9.53 Å². The van der Waals surface area contributed by atoms with Gasteiger partial charge in [-0.05, 0) is 6.42 Å². The molecule has 1 rings (SSSR count). The zero-order valence-electron chi connectivity index (χ0n) is 3.44. The summed E-state index contributed by atoms with van der Waals surface area (Å²) in [6.07, 6.45) is 1.54. The summed E-state index contributed by atoms with van der Waals surface area (Å²) >= 11 is 0. The topological polar surface area (TPSA) is 26.3 Å². The number of cyclic esters (lactones) is 1. The van der Waals surface area contributed by atoms with E-state index < -0.39 is 0 Å². The summed E-state index contributed by atoms with van der Waals surface area (Å²) < 4.78 is 4.51. The summed E-state index contributed by atoms with van der Waals surface area (Å²) in [5, 5.41) is 0. The second-order valence-corrected chi connectivity index (χ2v) is 1.32. The van der Waals surface area contributed by atoms with Crippen molar-refractivity contribution in [3.05, 3.63) is 0 Å². The molecule has 7 heavy (non-hydrogen) atoms. The summed E-state index contributed by atoms with van der Waals surface area (Å²) in [7, 11) is 0. The highest BCUT2D eigenvalue weighted by atomic mass is 24.3. The van der Waals surface area contributed by atoms with E-state index in [4.69, 9.17) is 0 Å². The van der Waals surface area contributed by atoms with Gasteiger partial charge in [0.15, 0.2) is 0 Å². The normalized spacial score (nSPS) is 18.0. The number of rotatable bonds is 0. The lowest BCUT2D eigenvalue weighted by Gasteiger charge is -1.81. The molecule has 0 spiro atoms. The van der Waals surface area contributed by atoms with Crippen molar-refractivity contribution in [3.63, 3.8) is 0 Å². The first kappa shape index (κ1) is 7.24. The highest BCUT2D eigenvalue weighted by molar-refractivity contribution is 5.75. The molecule has 1 heterocycles. The van der Waals surface area contributed by atoms with E-state index >= 15 is 0 Å². The molecular weight excluding hydrogens is 104 g/mol. The van der Waals surface area contributed by atoms with Crippen molar-refractivity contribution in [2.24, 2.45) is 0 Å². The molecule has 0 bridgehead atoms. The van der Waals surface area contributed by atoms with Crippen LogP contribution in [0.2, 0.25) is 0 Å². The number of hydrogen-bond acceptors (Lipinski definition) is 2. The summed E-state index contributed by atoms with van der Waals surface area (Å²) in [6, 6.07) is 0. The van der Waals surface area contributed by atoms with E-state index in [9.17, 15) is 4.79 Å². The molecule has 2 nitrogen and oxygen atoms in total. The average molecular weight is 112 g/mol. The molecule has 1 saturated heterocycles. The van der Waals surface area contributed by atoms with E-state index in [1.807, 2.05) is 0 Å². The van der Waals surface area contributed by atoms with Gasteiger partial charge in [0.25, 0.3) is 0 Å². The van der Waals surface area contributed by atoms with E-state index in [-0.39, 0.29) is 29.0 Å². The van der Waals surface area contributed by atoms with Gasteiger partial charge in [0.05, 0.1) is 6.61 Å². The van der Waals surface area contributed by atoms with Crippen LogP contribution in [0.5, 0.6) is 0 Å². The van der Waals surface area contributed by atoms with Gasteiger partial charge in [-0.1, -0.05) is 0 Å². The monoisotopic (exact) mass is 112 g/mol. The first-order valence-electron chi connectivity index (χ1n) is 2.05. The van der Waals surface area contributed by atoms with Crippen molar-refractivity contribution in [2.75, 3.05) is 6.61 Å². The molecule has 0 N–H and O–H groups in total. The minimum absolute atomic E-state index is 0. The summed E-state index contributed by atoms with van der Waals surface area (Å²) in [5.41, 5.74) is 0. The van der Waals surface area contributed by atoms with Gasteiger partial charge in [-0.2, -0.15) is 0 Å². The van der Waals surface area contributed by atoms with Crippen molar-refractivity contribution in [1.29, 1.82) is 0 Å². The molecule has 0 aromatic rings. The van der Waals surface area contributed by atoms with E-state index in [2.05, 4.69) is 4.74 Å². The molecule has 0 unspecified atom stereocenters. The molecule has 0 aliphatic carbocycles. The largest absolute Gasteiger partial charge is 0.466 e. The van der Waals surface area contributed by atoms with E-state index in [1.54, 1.807) is 0 Å². The van der Waals surface area contributed by atoms with Crippen molar-refractivity contribution in [2.45, 2.75) is 12.8 Å². The molecule has 0 aromatic heterocycles. The van der Waals surface area contributed by atoms with Gasteiger partial charge in [0.1, 0.15) is 0 Å². The summed E-state index contributed by atoms with van der Waals surface area (Å²) in [6.45, 7) is 0.638. The first-order valence-corrected chi connectivity index (χ1v) is 2.05. The molecule has 1 fully saturated rings. The highest BCUT2D eigenvalue weighted by Crippen LogP contribution is 2.01. The molecule has 0 saturated carbocycles. The van der Waals surface area contributed by atoms with Crippen LogP contribution in [0.25, 0.3) is 0 Å². The minimum atomic E-state index is -0.0463. The van der Waals surface area contributed by atoms with E-state index in [0.717, 1.165) is 6.42 Å². The predicted octanol–water partition coefficient (Wildman–Crippen LogP) is -0.593. The maximum Gasteiger partial charge on any atom is 0.316 e. The lowest BCUT2D eigenvalue weighted by molar-refractivity contribution is -0.137. The standard InChI is InChI=1S/C4H6O2.Mg.2H/c5-4-2-1-3-6-4;;;/h1-3H2;;;. The Hall–Kier alpha value is 0.236. The number of carbonyl (C=O) groups excluding carboxylic acids is 1. The number of carbonyl (C=O) groups is 1. The Bertz CT molecular complexity index is 64.1. The second kappa shape index (κ2) is 3.27. The number of ether oxygens (including phenoxy) is 1. The zero-order valence-corrected chi connectivity index (χ0v) is 3.44. The predicted molar refractivity (Wildman–Crippen MR) is 28.7 cm³/mol. The molecule has 0 radical (unpaired) electrons. The van der Waals surface area contributed by atoms with Crippen LogP contribution in [-0.2, 0) is 9.53 Å². The molecule has 1 aliphatic rings. The van der Waals surface area contributed by atoms with Crippen LogP contribution in [0.1, 0.15) is 12.8 Å². The molecular formula is C4H8MgO2. The van der Waals surface area contributed by atoms with Gasteiger partial charge in [0, 0.05) is 6.42 Å². The molecule has 0 amide bonds. The van der Waals surface area contributed by atoms with Crippen LogP contribution in [0.3, 0.4) is 0 Å². The number of esters is 1. The Labute approximate surface area is 58.4 Å². The molecule has 0 atom stereocenters. The van der Waals surface area contributed by atoms with Crippen molar-refractivity contribution >= 4 is 29.0 Å². The first-order chi connectivity index (χ1) is 2.89. The average Bonchev–Trinajstić information content (AvgIpc) is 1.86. The van der Waals surface area contributed by atoms with Crippen LogP contribution in [0, 0.1) is 0 Å². The third-order valence-electron chi connectivity index (χ3n) is 0.788. The third kappa shape index (κ3) is 2.14. The Morgan fingerprint density at radius 3 is 2.43 bits per heavy atom. The maximum absolute atomic E-state index is 10.0. The Morgan fingerprint density at radius 1 is 1.57 bits per heavy atom. The fourth-order valence-corrected chi connectivity index (χ4v) is 0.475. The van der Waals surface area contributed by atoms with Crippen LogP contribution < -0.4 is 0 Å². The Morgan fingerprint density at radius 2 is 2.29 bits per heavy atom. The second-order valence-electron chi connectivity index (χ2n) is 1.32. The fraction of sp³-hybridized carbons (Fsp3) is 0.750. The van der Waals surface area contributed by atoms with Crippen molar-refractivity contribution in [3.8, 4) is 0 Å². The zero-order chi connectivity index (χ0) is 4.41. The third-order valence-corrected chi connectivity index (χ3v) is 0.788. The maximum atomic E-state index is 10.0. The SMILES string of the molecule is O=C1CCCO1.[MgH2]. The van der Waals surface area contributed by atoms with Crippen LogP contribution in [0.4, 0.5) is 0 Å². The van der Waals surface area contributed by atoms with Gasteiger partial charge in [-0.25, -0.2) is 0 Å². The van der Waals surface area contributed by atoms with Crippen LogP contribution >= 0.6 is 0 Å². The molecule has 38 valence electrons. The summed E-state index contributed by atoms with van der Waals surface area (Å²) in [5.74, 6) is -0.0463. The summed E-state index contributed by atoms with van der Waals surface area (Å²) in [4.78, 5) is 10.0. The lowest BCUT2D eigenvalue weighted by atomic mass is 10.4. The molecule has 3 heteroatoms. The van der Waals surface area contributed by atoms with Crippen LogP contribution in [0.15, 0.2) is 0 Å². The van der Waals surface area contributed by atoms with Gasteiger partial charge < -0.3 is 4.74 Å². The smallest absolute Gasteiger partial charge is 0.316 e. The van der Waals surface area contributed by atoms with Crippen molar-refractivity contribution in [1.82, 2.24) is 0 Å². The molecule has 0 aromatic carbocycles. The van der Waals surface area contributed by atoms with Gasteiger partial charge >= 0.3 is 29.0 Å². The van der Waals surface area contributed by atoms with E-state index in [1.165, 1.54) is 0 Å². The Balaban J connectivity index is 0.000000360. The lowest BCUT2D eigenvalue weighted by Crippen LogP contribution is -1.88. The van der Waals surface area contributed by atoms with Crippen LogP contribution in [-0.4, -0.2) is 35.6 Å². The van der Waals surface area contributed by atoms with Gasteiger partial charge in [-0.15, -0.1) is 0 Å². The fourth-order valence-electron chi connectivity index (χ4n) is 0.475. The van der Waals surface area contributed by atoms with Gasteiger partial charge in [-0.3, -0.25) is 4.79 Å². The minimum Gasteiger partial charge on any atom is -0.466 e. The van der Waals surface area contributed by atoms with E-state index in [0.29, 0.717) is 13.0 Å². The quantitative estimate of drug-likeness (QED) is 0.309.